The van der Waals surface area contributed by atoms with E-state index in [1.807, 2.05) is 44.2 Å². The molecule has 0 saturated carbocycles. The van der Waals surface area contributed by atoms with Gasteiger partial charge in [-0.3, -0.25) is 0 Å². The zero-order valence-corrected chi connectivity index (χ0v) is 11.6. The Morgan fingerprint density at radius 1 is 1.25 bits per heavy atom. The third kappa shape index (κ3) is 2.83. The molecule has 0 radical (unpaired) electrons. The van der Waals surface area contributed by atoms with Crippen molar-refractivity contribution in [2.75, 3.05) is 17.7 Å². The molecule has 0 spiro atoms. The van der Waals surface area contributed by atoms with E-state index >= 15 is 0 Å². The number of nitrogens with one attached hydrogen (secondary N) is 1. The number of nitrogens with two attached hydrogens (primary N) is 1. The number of nitriles is 1. The zero-order chi connectivity index (χ0) is 14.5. The highest BCUT2D eigenvalue weighted by Gasteiger charge is 2.07. The summed E-state index contributed by atoms with van der Waals surface area (Å²) in [4.78, 5) is 0. The van der Waals surface area contributed by atoms with Crippen LogP contribution in [-0.2, 0) is 0 Å². The minimum atomic E-state index is 0.566. The van der Waals surface area contributed by atoms with Gasteiger partial charge in [-0.15, -0.1) is 0 Å². The van der Waals surface area contributed by atoms with Crippen LogP contribution in [0, 0.1) is 18.3 Å². The van der Waals surface area contributed by atoms with Gasteiger partial charge in [-0.05, 0) is 43.7 Å². The van der Waals surface area contributed by atoms with Crippen LogP contribution in [0.15, 0.2) is 36.4 Å². The fourth-order valence-electron chi connectivity index (χ4n) is 1.91. The molecule has 3 N–H and O–H groups in total. The quantitative estimate of drug-likeness (QED) is 0.830. The molecular formula is C16H17N3O. The first-order valence-corrected chi connectivity index (χ1v) is 6.44. The zero-order valence-electron chi connectivity index (χ0n) is 11.6. The summed E-state index contributed by atoms with van der Waals surface area (Å²) in [6.07, 6.45) is 0. The standard InChI is InChI=1S/C16H17N3O/c1-3-20-15-6-4-5-13(16(15)18)19-14-9-12(10-17)8-7-11(14)2/h4-9,19H,3,18H2,1-2H3. The molecule has 2 aromatic rings. The molecule has 0 aliphatic rings. The van der Waals surface area contributed by atoms with Gasteiger partial charge in [0.05, 0.1) is 29.6 Å². The van der Waals surface area contributed by atoms with Crippen LogP contribution in [0.4, 0.5) is 17.1 Å². The molecule has 0 unspecified atom stereocenters. The van der Waals surface area contributed by atoms with Crippen LogP contribution in [0.25, 0.3) is 0 Å². The van der Waals surface area contributed by atoms with Gasteiger partial charge in [0, 0.05) is 5.69 Å². The van der Waals surface area contributed by atoms with Crippen molar-refractivity contribution < 1.29 is 4.74 Å². The van der Waals surface area contributed by atoms with Crippen molar-refractivity contribution in [1.29, 1.82) is 5.26 Å². The van der Waals surface area contributed by atoms with Crippen LogP contribution in [0.5, 0.6) is 5.75 Å². The van der Waals surface area contributed by atoms with E-state index in [4.69, 9.17) is 15.7 Å². The third-order valence-corrected chi connectivity index (χ3v) is 3.00. The summed E-state index contributed by atoms with van der Waals surface area (Å²) < 4.78 is 5.47. The number of nitrogen functional groups attached to an aromatic ring is 1. The highest BCUT2D eigenvalue weighted by atomic mass is 16.5. The molecule has 0 amide bonds. The fourth-order valence-corrected chi connectivity index (χ4v) is 1.91. The summed E-state index contributed by atoms with van der Waals surface area (Å²) in [5.74, 6) is 0.659. The monoisotopic (exact) mass is 267 g/mol. The van der Waals surface area contributed by atoms with Crippen LogP contribution < -0.4 is 15.8 Å². The highest BCUT2D eigenvalue weighted by molar-refractivity contribution is 5.78. The van der Waals surface area contributed by atoms with Crippen molar-refractivity contribution in [3.63, 3.8) is 0 Å². The van der Waals surface area contributed by atoms with Gasteiger partial charge in [0.1, 0.15) is 5.75 Å². The SMILES string of the molecule is CCOc1cccc(Nc2cc(C#N)ccc2C)c1N. The molecule has 2 aromatic carbocycles. The number of para-hydroxylation sites is 1. The molecule has 0 aliphatic carbocycles. The molecule has 20 heavy (non-hydrogen) atoms. The summed E-state index contributed by atoms with van der Waals surface area (Å²) in [6, 6.07) is 13.2. The number of hydrogen-bond donors (Lipinski definition) is 2. The molecule has 0 fully saturated rings. The molecule has 0 atom stereocenters. The number of ether oxygens (including phenoxy) is 1. The molecule has 0 heterocycles. The molecular weight excluding hydrogens is 250 g/mol. The second kappa shape index (κ2) is 5.98. The van der Waals surface area contributed by atoms with E-state index in [1.165, 1.54) is 0 Å². The van der Waals surface area contributed by atoms with Crippen molar-refractivity contribution in [3.8, 4) is 11.8 Å². The van der Waals surface area contributed by atoms with Crippen LogP contribution in [0.1, 0.15) is 18.1 Å². The Kier molecular flexibility index (Phi) is 4.11. The van der Waals surface area contributed by atoms with Gasteiger partial charge in [0.2, 0.25) is 0 Å². The summed E-state index contributed by atoms with van der Waals surface area (Å²) >= 11 is 0. The van der Waals surface area contributed by atoms with Gasteiger partial charge in [0.25, 0.3) is 0 Å². The van der Waals surface area contributed by atoms with E-state index in [0.717, 1.165) is 16.9 Å². The van der Waals surface area contributed by atoms with Crippen molar-refractivity contribution in [3.05, 3.63) is 47.5 Å². The lowest BCUT2D eigenvalue weighted by Gasteiger charge is -2.14. The average molecular weight is 267 g/mol. The Balaban J connectivity index is 2.35. The Morgan fingerprint density at radius 2 is 2.05 bits per heavy atom. The lowest BCUT2D eigenvalue weighted by molar-refractivity contribution is 0.342. The maximum absolute atomic E-state index is 8.97. The van der Waals surface area contributed by atoms with Crippen LogP contribution in [0.2, 0.25) is 0 Å². The van der Waals surface area contributed by atoms with E-state index in [1.54, 1.807) is 6.07 Å². The van der Waals surface area contributed by atoms with E-state index in [2.05, 4.69) is 11.4 Å². The van der Waals surface area contributed by atoms with Crippen molar-refractivity contribution >= 4 is 17.1 Å². The fraction of sp³-hybridized carbons (Fsp3) is 0.188. The molecule has 102 valence electrons. The minimum Gasteiger partial charge on any atom is -0.492 e. The molecule has 0 aliphatic heterocycles. The Hall–Kier alpha value is -2.67. The summed E-state index contributed by atoms with van der Waals surface area (Å²) in [5, 5.41) is 12.2. The van der Waals surface area contributed by atoms with Crippen LogP contribution in [-0.4, -0.2) is 6.61 Å². The molecule has 4 heteroatoms. The largest absolute Gasteiger partial charge is 0.492 e. The topological polar surface area (TPSA) is 71.1 Å². The lowest BCUT2D eigenvalue weighted by Crippen LogP contribution is -2.02. The smallest absolute Gasteiger partial charge is 0.144 e. The molecule has 0 bridgehead atoms. The van der Waals surface area contributed by atoms with Gasteiger partial charge in [-0.25, -0.2) is 0 Å². The summed E-state index contributed by atoms with van der Waals surface area (Å²) in [7, 11) is 0. The predicted molar refractivity (Wildman–Crippen MR) is 81.2 cm³/mol. The number of aryl methyl sites for hydroxylation is 1. The van der Waals surface area contributed by atoms with Gasteiger partial charge < -0.3 is 15.8 Å². The van der Waals surface area contributed by atoms with Crippen LogP contribution >= 0.6 is 0 Å². The van der Waals surface area contributed by atoms with Gasteiger partial charge in [-0.1, -0.05) is 12.1 Å². The van der Waals surface area contributed by atoms with E-state index in [0.29, 0.717) is 23.6 Å². The van der Waals surface area contributed by atoms with Crippen molar-refractivity contribution in [1.82, 2.24) is 0 Å². The molecule has 4 nitrogen and oxygen atoms in total. The summed E-state index contributed by atoms with van der Waals surface area (Å²) in [5.41, 5.74) is 9.94. The number of rotatable bonds is 4. The Morgan fingerprint density at radius 3 is 2.75 bits per heavy atom. The number of nitrogens with zero attached hydrogens (tertiary/aromatic N) is 1. The lowest BCUT2D eigenvalue weighted by atomic mass is 10.1. The second-order valence-electron chi connectivity index (χ2n) is 4.42. The first-order chi connectivity index (χ1) is 9.65. The predicted octanol–water partition coefficient (Wildman–Crippen LogP) is 3.59. The second-order valence-corrected chi connectivity index (χ2v) is 4.42. The highest BCUT2D eigenvalue weighted by Crippen LogP contribution is 2.32. The molecule has 2 rings (SSSR count). The van der Waals surface area contributed by atoms with Gasteiger partial charge in [-0.2, -0.15) is 5.26 Å². The first-order valence-electron chi connectivity index (χ1n) is 6.44. The number of hydrogen-bond acceptors (Lipinski definition) is 4. The maximum Gasteiger partial charge on any atom is 0.144 e. The van der Waals surface area contributed by atoms with Gasteiger partial charge >= 0.3 is 0 Å². The molecule has 0 aromatic heterocycles. The Labute approximate surface area is 118 Å². The maximum atomic E-state index is 8.97. The molecule has 0 saturated heterocycles. The Bertz CT molecular complexity index is 659. The van der Waals surface area contributed by atoms with Crippen LogP contribution in [0.3, 0.4) is 0 Å². The van der Waals surface area contributed by atoms with E-state index < -0.39 is 0 Å². The van der Waals surface area contributed by atoms with Crippen molar-refractivity contribution in [2.45, 2.75) is 13.8 Å². The van der Waals surface area contributed by atoms with E-state index in [-0.39, 0.29) is 0 Å². The summed E-state index contributed by atoms with van der Waals surface area (Å²) in [6.45, 7) is 4.46. The average Bonchev–Trinajstić information content (AvgIpc) is 2.45. The van der Waals surface area contributed by atoms with E-state index in [9.17, 15) is 0 Å². The van der Waals surface area contributed by atoms with Crippen molar-refractivity contribution in [2.24, 2.45) is 0 Å². The first kappa shape index (κ1) is 13.8. The number of benzene rings is 2. The minimum absolute atomic E-state index is 0.566. The number of anilines is 3. The normalized spacial score (nSPS) is 9.85. The third-order valence-electron chi connectivity index (χ3n) is 3.00. The van der Waals surface area contributed by atoms with Gasteiger partial charge in [0.15, 0.2) is 0 Å².